The smallest absolute Gasteiger partial charge is 0.0868 e. The Hall–Kier alpha value is -2.94. The molecule has 3 rings (SSSR count). The molecule has 0 bridgehead atoms. The Labute approximate surface area is 148 Å². The molecule has 0 saturated heterocycles. The molecule has 2 aromatic carbocycles. The molecule has 0 radical (unpaired) electrons. The van der Waals surface area contributed by atoms with Gasteiger partial charge in [0.2, 0.25) is 0 Å². The summed E-state index contributed by atoms with van der Waals surface area (Å²) < 4.78 is 0. The van der Waals surface area contributed by atoms with Crippen LogP contribution >= 0.6 is 0 Å². The van der Waals surface area contributed by atoms with E-state index in [1.54, 1.807) is 0 Å². The average Bonchev–Trinajstić information content (AvgIpc) is 2.64. The maximum Gasteiger partial charge on any atom is 0.0868 e. The van der Waals surface area contributed by atoms with Crippen LogP contribution in [0, 0.1) is 13.8 Å². The van der Waals surface area contributed by atoms with E-state index in [1.807, 2.05) is 56.4 Å². The molecule has 25 heavy (non-hydrogen) atoms. The molecule has 3 heteroatoms. The van der Waals surface area contributed by atoms with Crippen molar-refractivity contribution in [2.24, 2.45) is 5.16 Å². The minimum Gasteiger partial charge on any atom is -0.411 e. The van der Waals surface area contributed by atoms with Crippen molar-refractivity contribution in [3.63, 3.8) is 0 Å². The Morgan fingerprint density at radius 1 is 0.920 bits per heavy atom. The molecule has 0 fully saturated rings. The molecule has 0 amide bonds. The number of pyridine rings is 1. The Balaban J connectivity index is 2.47. The zero-order chi connectivity index (χ0) is 17.9. The van der Waals surface area contributed by atoms with E-state index in [0.29, 0.717) is 5.71 Å². The normalized spacial score (nSPS) is 14.1. The molecule has 1 heterocycles. The molecule has 1 N–H and O–H groups in total. The van der Waals surface area contributed by atoms with Crippen molar-refractivity contribution in [2.45, 2.75) is 26.2 Å². The lowest BCUT2D eigenvalue weighted by atomic mass is 9.65. The Bertz CT molecular complexity index is 903. The maximum absolute atomic E-state index is 9.79. The Morgan fingerprint density at radius 3 is 2.24 bits per heavy atom. The van der Waals surface area contributed by atoms with Crippen LogP contribution in [-0.4, -0.2) is 15.9 Å². The summed E-state index contributed by atoms with van der Waals surface area (Å²) in [6, 6.07) is 22.5. The first kappa shape index (κ1) is 16.9. The minimum absolute atomic E-state index is 0.624. The first-order chi connectivity index (χ1) is 12.1. The van der Waals surface area contributed by atoms with Gasteiger partial charge >= 0.3 is 0 Å². The van der Waals surface area contributed by atoms with Gasteiger partial charge in [-0.25, -0.2) is 0 Å². The highest BCUT2D eigenvalue weighted by molar-refractivity contribution is 6.00. The van der Waals surface area contributed by atoms with Crippen LogP contribution in [0.2, 0.25) is 0 Å². The lowest BCUT2D eigenvalue weighted by Crippen LogP contribution is -2.38. The Kier molecular flexibility index (Phi) is 4.66. The second-order valence-electron chi connectivity index (χ2n) is 6.30. The molecule has 126 valence electrons. The van der Waals surface area contributed by atoms with Gasteiger partial charge in [-0.05, 0) is 55.2 Å². The topological polar surface area (TPSA) is 45.5 Å². The summed E-state index contributed by atoms with van der Waals surface area (Å²) in [5, 5.41) is 13.4. The van der Waals surface area contributed by atoms with Crippen molar-refractivity contribution in [3.8, 4) is 0 Å². The number of rotatable bonds is 4. The average molecular weight is 330 g/mol. The first-order valence-electron chi connectivity index (χ1n) is 8.34. The third-order valence-electron chi connectivity index (χ3n) is 4.78. The Morgan fingerprint density at radius 2 is 1.60 bits per heavy atom. The predicted octanol–water partition coefficient (Wildman–Crippen LogP) is 4.88. The monoisotopic (exact) mass is 330 g/mol. The zero-order valence-electron chi connectivity index (χ0n) is 14.8. The van der Waals surface area contributed by atoms with E-state index in [9.17, 15) is 5.21 Å². The number of benzene rings is 2. The third kappa shape index (κ3) is 2.82. The largest absolute Gasteiger partial charge is 0.411 e. The van der Waals surface area contributed by atoms with Crippen LogP contribution in [0.15, 0.2) is 78.1 Å². The summed E-state index contributed by atoms with van der Waals surface area (Å²) in [4.78, 5) is 4.35. The summed E-state index contributed by atoms with van der Waals surface area (Å²) in [5.41, 5.74) is 5.22. The molecule has 0 spiro atoms. The molecule has 0 unspecified atom stereocenters. The van der Waals surface area contributed by atoms with E-state index < -0.39 is 5.41 Å². The summed E-state index contributed by atoms with van der Waals surface area (Å²) >= 11 is 0. The molecular formula is C22H22N2O. The molecule has 0 aliphatic carbocycles. The van der Waals surface area contributed by atoms with Gasteiger partial charge in [-0.2, -0.15) is 0 Å². The second kappa shape index (κ2) is 6.89. The quantitative estimate of drug-likeness (QED) is 0.421. The fourth-order valence-electron chi connectivity index (χ4n) is 3.63. The maximum atomic E-state index is 9.79. The van der Waals surface area contributed by atoms with Crippen molar-refractivity contribution < 1.29 is 5.21 Å². The second-order valence-corrected chi connectivity index (χ2v) is 6.30. The van der Waals surface area contributed by atoms with Crippen molar-refractivity contribution in [1.29, 1.82) is 0 Å². The van der Waals surface area contributed by atoms with Crippen LogP contribution in [0.25, 0.3) is 0 Å². The molecule has 0 aliphatic heterocycles. The van der Waals surface area contributed by atoms with Gasteiger partial charge in [0, 0.05) is 11.9 Å². The lowest BCUT2D eigenvalue weighted by Gasteiger charge is -2.36. The summed E-state index contributed by atoms with van der Waals surface area (Å²) in [6.07, 6.45) is 1.81. The lowest BCUT2D eigenvalue weighted by molar-refractivity contribution is 0.315. The van der Waals surface area contributed by atoms with Gasteiger partial charge in [0.1, 0.15) is 0 Å². The summed E-state index contributed by atoms with van der Waals surface area (Å²) in [7, 11) is 0. The standard InChI is InChI=1S/C22H22N2O/c1-16-9-7-8-12-21(16)22(18(3)24-25,19-10-5-4-6-11-19)20-13-14-23-17(2)15-20/h4-15,25H,1-3H3/b24-18-/t22-/m0/s1. The number of hydrogen-bond acceptors (Lipinski definition) is 3. The molecule has 0 aliphatic rings. The number of nitrogens with zero attached hydrogens (tertiary/aromatic N) is 2. The van der Waals surface area contributed by atoms with Crippen molar-refractivity contribution in [1.82, 2.24) is 4.98 Å². The van der Waals surface area contributed by atoms with Gasteiger partial charge < -0.3 is 5.21 Å². The highest BCUT2D eigenvalue weighted by Gasteiger charge is 2.41. The van der Waals surface area contributed by atoms with E-state index in [0.717, 1.165) is 27.9 Å². The van der Waals surface area contributed by atoms with E-state index in [4.69, 9.17) is 0 Å². The number of oxime groups is 1. The highest BCUT2D eigenvalue weighted by Crippen LogP contribution is 2.42. The van der Waals surface area contributed by atoms with E-state index in [-0.39, 0.29) is 0 Å². The number of hydrogen-bond donors (Lipinski definition) is 1. The van der Waals surface area contributed by atoms with Gasteiger partial charge in [-0.1, -0.05) is 59.8 Å². The van der Waals surface area contributed by atoms with Gasteiger partial charge in [0.05, 0.1) is 11.1 Å². The van der Waals surface area contributed by atoms with E-state index in [2.05, 4.69) is 47.4 Å². The van der Waals surface area contributed by atoms with Crippen molar-refractivity contribution in [3.05, 3.63) is 101 Å². The molecule has 1 atom stereocenters. The molecule has 3 nitrogen and oxygen atoms in total. The van der Waals surface area contributed by atoms with E-state index in [1.165, 1.54) is 0 Å². The van der Waals surface area contributed by atoms with Crippen LogP contribution in [0.5, 0.6) is 0 Å². The fourth-order valence-corrected chi connectivity index (χ4v) is 3.63. The minimum atomic E-state index is -0.672. The summed E-state index contributed by atoms with van der Waals surface area (Å²) in [6.45, 7) is 5.93. The van der Waals surface area contributed by atoms with Gasteiger partial charge in [0.15, 0.2) is 0 Å². The SMILES string of the molecule is C/C(=N/O)[C@](c1ccccc1)(c1ccnc(C)c1)c1ccccc1C. The van der Waals surface area contributed by atoms with Crippen molar-refractivity contribution >= 4 is 5.71 Å². The van der Waals surface area contributed by atoms with Crippen LogP contribution < -0.4 is 0 Å². The molecule has 0 saturated carbocycles. The number of aromatic nitrogens is 1. The van der Waals surface area contributed by atoms with Crippen LogP contribution in [0.3, 0.4) is 0 Å². The molecular weight excluding hydrogens is 308 g/mol. The third-order valence-corrected chi connectivity index (χ3v) is 4.78. The van der Waals surface area contributed by atoms with Gasteiger partial charge in [-0.15, -0.1) is 0 Å². The van der Waals surface area contributed by atoms with Crippen LogP contribution in [-0.2, 0) is 5.41 Å². The van der Waals surface area contributed by atoms with E-state index >= 15 is 0 Å². The number of aryl methyl sites for hydroxylation is 2. The van der Waals surface area contributed by atoms with Crippen molar-refractivity contribution in [2.75, 3.05) is 0 Å². The molecule has 3 aromatic rings. The zero-order valence-corrected chi connectivity index (χ0v) is 14.8. The van der Waals surface area contributed by atoms with Crippen LogP contribution in [0.1, 0.15) is 34.9 Å². The fraction of sp³-hybridized carbons (Fsp3) is 0.182. The van der Waals surface area contributed by atoms with Gasteiger partial charge in [-0.3, -0.25) is 4.98 Å². The van der Waals surface area contributed by atoms with Crippen LogP contribution in [0.4, 0.5) is 0 Å². The first-order valence-corrected chi connectivity index (χ1v) is 8.34. The molecule has 1 aromatic heterocycles. The predicted molar refractivity (Wildman–Crippen MR) is 101 cm³/mol. The highest BCUT2D eigenvalue weighted by atomic mass is 16.4. The van der Waals surface area contributed by atoms with Gasteiger partial charge in [0.25, 0.3) is 0 Å². The summed E-state index contributed by atoms with van der Waals surface area (Å²) in [5.74, 6) is 0.